The van der Waals surface area contributed by atoms with Gasteiger partial charge in [0.05, 0.1) is 12.1 Å². The quantitative estimate of drug-likeness (QED) is 0.469. The Morgan fingerprint density at radius 2 is 2.09 bits per heavy atom. The van der Waals surface area contributed by atoms with E-state index in [1.54, 1.807) is 7.11 Å². The SMILES string of the molecule is C=C(C)/C(Cl)=C(\CCC)OC. The number of hydrogen-bond acceptors (Lipinski definition) is 1. The molecule has 64 valence electrons. The van der Waals surface area contributed by atoms with Gasteiger partial charge in [-0.3, -0.25) is 0 Å². The van der Waals surface area contributed by atoms with E-state index in [1.807, 2.05) is 6.92 Å². The molecule has 0 aromatic carbocycles. The highest BCUT2D eigenvalue weighted by Crippen LogP contribution is 2.21. The van der Waals surface area contributed by atoms with Crippen LogP contribution >= 0.6 is 11.6 Å². The van der Waals surface area contributed by atoms with Crippen LogP contribution in [0, 0.1) is 0 Å². The van der Waals surface area contributed by atoms with Crippen LogP contribution in [0.25, 0.3) is 0 Å². The van der Waals surface area contributed by atoms with Gasteiger partial charge >= 0.3 is 0 Å². The van der Waals surface area contributed by atoms with E-state index in [1.165, 1.54) is 0 Å². The number of methoxy groups -OCH3 is 1. The van der Waals surface area contributed by atoms with Crippen molar-refractivity contribution in [2.45, 2.75) is 26.7 Å². The molecule has 0 aromatic heterocycles. The summed E-state index contributed by atoms with van der Waals surface area (Å²) in [5.74, 6) is 0.835. The summed E-state index contributed by atoms with van der Waals surface area (Å²) in [6.45, 7) is 7.69. The van der Waals surface area contributed by atoms with Crippen LogP contribution < -0.4 is 0 Å². The summed E-state index contributed by atoms with van der Waals surface area (Å²) in [4.78, 5) is 0. The van der Waals surface area contributed by atoms with E-state index in [9.17, 15) is 0 Å². The predicted octanol–water partition coefficient (Wildman–Crippen LogP) is 3.46. The van der Waals surface area contributed by atoms with Crippen molar-refractivity contribution >= 4 is 11.6 Å². The molecule has 0 bridgehead atoms. The van der Waals surface area contributed by atoms with E-state index in [0.29, 0.717) is 5.03 Å². The maximum Gasteiger partial charge on any atom is 0.114 e. The second kappa shape index (κ2) is 5.25. The van der Waals surface area contributed by atoms with E-state index in [-0.39, 0.29) is 0 Å². The average Bonchev–Trinajstić information content (AvgIpc) is 1.98. The highest BCUT2D eigenvalue weighted by atomic mass is 35.5. The largest absolute Gasteiger partial charge is 0.500 e. The van der Waals surface area contributed by atoms with Crippen molar-refractivity contribution in [1.82, 2.24) is 0 Å². The minimum Gasteiger partial charge on any atom is -0.500 e. The smallest absolute Gasteiger partial charge is 0.114 e. The maximum absolute atomic E-state index is 5.92. The predicted molar refractivity (Wildman–Crippen MR) is 49.6 cm³/mol. The first kappa shape index (κ1) is 10.6. The van der Waals surface area contributed by atoms with Gasteiger partial charge in [-0.25, -0.2) is 0 Å². The molecule has 1 nitrogen and oxygen atoms in total. The fourth-order valence-corrected chi connectivity index (χ4v) is 0.938. The van der Waals surface area contributed by atoms with Crippen LogP contribution in [-0.4, -0.2) is 7.11 Å². The summed E-state index contributed by atoms with van der Waals surface area (Å²) in [5.41, 5.74) is 0.858. The molecule has 0 saturated carbocycles. The third kappa shape index (κ3) is 3.47. The van der Waals surface area contributed by atoms with Crippen molar-refractivity contribution in [3.8, 4) is 0 Å². The molecule has 0 radical (unpaired) electrons. The molecule has 2 heteroatoms. The Labute approximate surface area is 73.7 Å². The molecule has 0 N–H and O–H groups in total. The Morgan fingerprint density at radius 3 is 2.36 bits per heavy atom. The van der Waals surface area contributed by atoms with Crippen molar-refractivity contribution in [1.29, 1.82) is 0 Å². The lowest BCUT2D eigenvalue weighted by molar-refractivity contribution is 0.274. The zero-order chi connectivity index (χ0) is 8.85. The van der Waals surface area contributed by atoms with E-state index in [0.717, 1.165) is 24.2 Å². The van der Waals surface area contributed by atoms with Crippen molar-refractivity contribution < 1.29 is 4.74 Å². The van der Waals surface area contributed by atoms with Crippen LogP contribution in [0.5, 0.6) is 0 Å². The number of ether oxygens (including phenoxy) is 1. The van der Waals surface area contributed by atoms with E-state index in [4.69, 9.17) is 16.3 Å². The normalized spacial score (nSPS) is 12.4. The van der Waals surface area contributed by atoms with Gasteiger partial charge in [0.15, 0.2) is 0 Å². The van der Waals surface area contributed by atoms with Gasteiger partial charge in [-0.1, -0.05) is 25.1 Å². The first-order valence-corrected chi connectivity index (χ1v) is 4.09. The first-order chi connectivity index (χ1) is 5.13. The molecule has 0 amide bonds. The number of hydrogen-bond donors (Lipinski definition) is 0. The zero-order valence-electron chi connectivity index (χ0n) is 7.41. The monoisotopic (exact) mass is 174 g/mol. The fourth-order valence-electron chi connectivity index (χ4n) is 0.766. The minimum absolute atomic E-state index is 0.661. The van der Waals surface area contributed by atoms with E-state index < -0.39 is 0 Å². The number of halogens is 1. The van der Waals surface area contributed by atoms with Crippen LogP contribution in [0.4, 0.5) is 0 Å². The summed E-state index contributed by atoms with van der Waals surface area (Å²) < 4.78 is 5.10. The van der Waals surface area contributed by atoms with Gasteiger partial charge in [-0.2, -0.15) is 0 Å². The highest BCUT2D eigenvalue weighted by molar-refractivity contribution is 6.32. The molecule has 0 saturated heterocycles. The zero-order valence-corrected chi connectivity index (χ0v) is 8.16. The second-order valence-corrected chi connectivity index (χ2v) is 2.85. The first-order valence-electron chi connectivity index (χ1n) is 3.72. The Hall–Kier alpha value is -0.430. The molecule has 11 heavy (non-hydrogen) atoms. The Kier molecular flexibility index (Phi) is 5.05. The third-order valence-corrected chi connectivity index (χ3v) is 1.88. The van der Waals surface area contributed by atoms with Gasteiger partial charge in [0, 0.05) is 6.42 Å². The van der Waals surface area contributed by atoms with Crippen LogP contribution in [0.2, 0.25) is 0 Å². The minimum atomic E-state index is 0.661. The molecule has 0 unspecified atom stereocenters. The molecule has 0 spiro atoms. The summed E-state index contributed by atoms with van der Waals surface area (Å²) in [6, 6.07) is 0. The second-order valence-electron chi connectivity index (χ2n) is 2.47. The van der Waals surface area contributed by atoms with Crippen molar-refractivity contribution in [2.75, 3.05) is 7.11 Å². The summed E-state index contributed by atoms with van der Waals surface area (Å²) in [5, 5.41) is 0.661. The van der Waals surface area contributed by atoms with E-state index in [2.05, 4.69) is 13.5 Å². The van der Waals surface area contributed by atoms with Gasteiger partial charge < -0.3 is 4.74 Å². The summed E-state index contributed by atoms with van der Waals surface area (Å²) >= 11 is 5.92. The fraction of sp³-hybridized carbons (Fsp3) is 0.556. The van der Waals surface area contributed by atoms with Crippen LogP contribution in [0.15, 0.2) is 22.9 Å². The van der Waals surface area contributed by atoms with Gasteiger partial charge in [0.1, 0.15) is 5.76 Å². The van der Waals surface area contributed by atoms with Crippen LogP contribution in [0.1, 0.15) is 26.7 Å². The lowest BCUT2D eigenvalue weighted by Crippen LogP contribution is -1.90. The molecule has 0 aliphatic heterocycles. The van der Waals surface area contributed by atoms with E-state index >= 15 is 0 Å². The topological polar surface area (TPSA) is 9.23 Å². The number of allylic oxidation sites excluding steroid dienone is 3. The molecule has 0 heterocycles. The molecular weight excluding hydrogens is 160 g/mol. The highest BCUT2D eigenvalue weighted by Gasteiger charge is 2.03. The van der Waals surface area contributed by atoms with Crippen molar-refractivity contribution in [3.63, 3.8) is 0 Å². The van der Waals surface area contributed by atoms with Crippen molar-refractivity contribution in [3.05, 3.63) is 22.9 Å². The lowest BCUT2D eigenvalue weighted by atomic mass is 10.2. The average molecular weight is 175 g/mol. The summed E-state index contributed by atoms with van der Waals surface area (Å²) in [6.07, 6.45) is 1.91. The molecular formula is C9H15ClO. The molecule has 0 atom stereocenters. The molecule has 0 aliphatic carbocycles. The Morgan fingerprint density at radius 1 is 1.55 bits per heavy atom. The Bertz CT molecular complexity index is 170. The maximum atomic E-state index is 5.92. The number of rotatable bonds is 4. The standard InChI is InChI=1S/C9H15ClO/c1-5-6-8(11-4)9(10)7(2)3/h2,5-6H2,1,3-4H3/b9-8-. The van der Waals surface area contributed by atoms with Gasteiger partial charge in [0.25, 0.3) is 0 Å². The summed E-state index contributed by atoms with van der Waals surface area (Å²) in [7, 11) is 1.64. The molecule has 0 aromatic rings. The van der Waals surface area contributed by atoms with Gasteiger partial charge in [-0.05, 0) is 18.9 Å². The molecule has 0 aliphatic rings. The molecule has 0 rings (SSSR count). The van der Waals surface area contributed by atoms with Gasteiger partial charge in [-0.15, -0.1) is 0 Å². The van der Waals surface area contributed by atoms with Crippen molar-refractivity contribution in [2.24, 2.45) is 0 Å². The lowest BCUT2D eigenvalue weighted by Gasteiger charge is -2.07. The van der Waals surface area contributed by atoms with Crippen LogP contribution in [-0.2, 0) is 4.74 Å². The van der Waals surface area contributed by atoms with Gasteiger partial charge in [0.2, 0.25) is 0 Å². The van der Waals surface area contributed by atoms with Crippen LogP contribution in [0.3, 0.4) is 0 Å². The third-order valence-electron chi connectivity index (χ3n) is 1.34. The Balaban J connectivity index is 4.39. The molecule has 0 fully saturated rings.